The van der Waals surface area contributed by atoms with Crippen molar-refractivity contribution < 1.29 is 0 Å². The van der Waals surface area contributed by atoms with Crippen LogP contribution in [0.15, 0.2) is 158 Å². The number of rotatable bonds is 5. The molecule has 0 spiro atoms. The number of hydrogen-bond acceptors (Lipinski definition) is 4. The molecule has 0 aliphatic heterocycles. The van der Waals surface area contributed by atoms with Crippen molar-refractivity contribution in [2.24, 2.45) is 0 Å². The molecule has 44 heavy (non-hydrogen) atoms. The Bertz CT molecular complexity index is 2260. The third kappa shape index (κ3) is 4.69. The summed E-state index contributed by atoms with van der Waals surface area (Å²) in [5.74, 6) is 0. The molecule has 4 nitrogen and oxygen atoms in total. The largest absolute Gasteiger partial charge is 0.244 e. The molecule has 0 aliphatic rings. The molecule has 8 rings (SSSR count). The van der Waals surface area contributed by atoms with Gasteiger partial charge < -0.3 is 0 Å². The highest BCUT2D eigenvalue weighted by Gasteiger charge is 2.19. The molecule has 4 heteroatoms. The van der Waals surface area contributed by atoms with Crippen LogP contribution in [0, 0.1) is 0 Å². The van der Waals surface area contributed by atoms with Crippen LogP contribution in [-0.4, -0.2) is 19.9 Å². The highest BCUT2D eigenvalue weighted by molar-refractivity contribution is 6.06. The van der Waals surface area contributed by atoms with Crippen LogP contribution in [-0.2, 0) is 0 Å². The number of hydrogen-bond donors (Lipinski definition) is 0. The lowest BCUT2D eigenvalue weighted by Crippen LogP contribution is -2.01. The van der Waals surface area contributed by atoms with Gasteiger partial charge in [0.2, 0.25) is 0 Å². The van der Waals surface area contributed by atoms with Crippen molar-refractivity contribution in [3.05, 3.63) is 158 Å². The molecule has 0 saturated carbocycles. The maximum absolute atomic E-state index is 5.41. The Morgan fingerprint density at radius 3 is 1.45 bits per heavy atom. The standard InChI is InChI=1S/C40H26N4/c1-4-11-28(12-5-1)37-38(29-13-6-2-7-14-29)44-40(39(43-37)30-15-8-3-9-16-30)33-18-10-17-31(23-33)32-21-19-27-20-22-34-25-41-26-42-36(34)35(27)24-32/h1-26H. The van der Waals surface area contributed by atoms with Gasteiger partial charge in [-0.3, -0.25) is 0 Å². The van der Waals surface area contributed by atoms with Gasteiger partial charge in [-0.2, -0.15) is 0 Å². The second-order valence-corrected chi connectivity index (χ2v) is 10.8. The molecule has 0 unspecified atom stereocenters. The number of nitrogens with zero attached hydrogens (tertiary/aromatic N) is 4. The van der Waals surface area contributed by atoms with Crippen molar-refractivity contribution in [1.82, 2.24) is 19.9 Å². The van der Waals surface area contributed by atoms with Gasteiger partial charge in [0.15, 0.2) is 0 Å². The average molecular weight is 563 g/mol. The summed E-state index contributed by atoms with van der Waals surface area (Å²) < 4.78 is 0. The van der Waals surface area contributed by atoms with E-state index in [-0.39, 0.29) is 0 Å². The third-order valence-electron chi connectivity index (χ3n) is 8.00. The number of benzene rings is 6. The molecular formula is C40H26N4. The van der Waals surface area contributed by atoms with Crippen LogP contribution >= 0.6 is 0 Å². The maximum Gasteiger partial charge on any atom is 0.116 e. The first kappa shape index (κ1) is 25.7. The Balaban J connectivity index is 1.35. The highest BCUT2D eigenvalue weighted by atomic mass is 14.9. The molecule has 6 aromatic carbocycles. The van der Waals surface area contributed by atoms with E-state index in [4.69, 9.17) is 9.97 Å². The minimum absolute atomic E-state index is 0.843. The first-order valence-electron chi connectivity index (χ1n) is 14.6. The lowest BCUT2D eigenvalue weighted by Gasteiger charge is -2.16. The molecule has 0 amide bonds. The molecule has 2 aromatic heterocycles. The fraction of sp³-hybridized carbons (Fsp3) is 0. The fourth-order valence-corrected chi connectivity index (χ4v) is 5.83. The normalized spacial score (nSPS) is 11.2. The van der Waals surface area contributed by atoms with Gasteiger partial charge in [-0.1, -0.05) is 133 Å². The van der Waals surface area contributed by atoms with E-state index in [2.05, 4.69) is 101 Å². The summed E-state index contributed by atoms with van der Waals surface area (Å²) in [4.78, 5) is 19.6. The van der Waals surface area contributed by atoms with Crippen LogP contribution in [0.4, 0.5) is 0 Å². The molecule has 0 radical (unpaired) electrons. The van der Waals surface area contributed by atoms with E-state index in [1.54, 1.807) is 6.33 Å². The van der Waals surface area contributed by atoms with Gasteiger partial charge in [-0.15, -0.1) is 0 Å². The summed E-state index contributed by atoms with van der Waals surface area (Å²) in [6, 6.07) is 50.3. The lowest BCUT2D eigenvalue weighted by molar-refractivity contribution is 1.21. The van der Waals surface area contributed by atoms with Crippen molar-refractivity contribution in [2.75, 3.05) is 0 Å². The van der Waals surface area contributed by atoms with Gasteiger partial charge in [0.05, 0.1) is 28.3 Å². The van der Waals surface area contributed by atoms with E-state index < -0.39 is 0 Å². The van der Waals surface area contributed by atoms with Crippen LogP contribution in [0.1, 0.15) is 0 Å². The maximum atomic E-state index is 5.41. The molecule has 206 valence electrons. The third-order valence-corrected chi connectivity index (χ3v) is 8.00. The molecule has 0 fully saturated rings. The summed E-state index contributed by atoms with van der Waals surface area (Å²) in [6.45, 7) is 0. The SMILES string of the molecule is c1ccc(-c2nc(-c3ccccc3)c(-c3cccc(-c4ccc5ccc6cncnc6c5c4)c3)nc2-c2ccccc2)cc1. The Labute approximate surface area is 255 Å². The summed E-state index contributed by atoms with van der Waals surface area (Å²) in [5.41, 5.74) is 10.7. The lowest BCUT2D eigenvalue weighted by atomic mass is 9.95. The monoisotopic (exact) mass is 562 g/mol. The molecular weight excluding hydrogens is 536 g/mol. The molecule has 8 aromatic rings. The van der Waals surface area contributed by atoms with Crippen molar-refractivity contribution in [3.8, 4) is 56.2 Å². The van der Waals surface area contributed by atoms with Crippen LogP contribution in [0.25, 0.3) is 77.8 Å². The topological polar surface area (TPSA) is 51.6 Å². The summed E-state index contributed by atoms with van der Waals surface area (Å²) in [7, 11) is 0. The minimum atomic E-state index is 0.843. The summed E-state index contributed by atoms with van der Waals surface area (Å²) in [6.07, 6.45) is 3.48. The molecule has 0 aliphatic carbocycles. The van der Waals surface area contributed by atoms with E-state index in [9.17, 15) is 0 Å². The predicted molar refractivity (Wildman–Crippen MR) is 180 cm³/mol. The van der Waals surface area contributed by atoms with Crippen LogP contribution < -0.4 is 0 Å². The Morgan fingerprint density at radius 1 is 0.364 bits per heavy atom. The predicted octanol–water partition coefficient (Wildman–Crippen LogP) is 9.91. The molecule has 0 bridgehead atoms. The molecule has 0 saturated heterocycles. The van der Waals surface area contributed by atoms with Gasteiger partial charge >= 0.3 is 0 Å². The van der Waals surface area contributed by atoms with Crippen molar-refractivity contribution in [2.45, 2.75) is 0 Å². The van der Waals surface area contributed by atoms with E-state index in [1.807, 2.05) is 60.8 Å². The quantitative estimate of drug-likeness (QED) is 0.196. The highest BCUT2D eigenvalue weighted by Crippen LogP contribution is 2.38. The van der Waals surface area contributed by atoms with Gasteiger partial charge in [-0.25, -0.2) is 19.9 Å². The van der Waals surface area contributed by atoms with E-state index in [0.29, 0.717) is 0 Å². The minimum Gasteiger partial charge on any atom is -0.244 e. The fourth-order valence-electron chi connectivity index (χ4n) is 5.83. The van der Waals surface area contributed by atoms with Gasteiger partial charge in [0.1, 0.15) is 6.33 Å². The smallest absolute Gasteiger partial charge is 0.116 e. The first-order valence-corrected chi connectivity index (χ1v) is 14.6. The van der Waals surface area contributed by atoms with E-state index in [1.165, 1.54) is 0 Å². The summed E-state index contributed by atoms with van der Waals surface area (Å²) >= 11 is 0. The zero-order valence-electron chi connectivity index (χ0n) is 23.8. The van der Waals surface area contributed by atoms with Gasteiger partial charge in [0, 0.05) is 39.2 Å². The molecule has 0 N–H and O–H groups in total. The van der Waals surface area contributed by atoms with E-state index >= 15 is 0 Å². The van der Waals surface area contributed by atoms with Gasteiger partial charge in [0.25, 0.3) is 0 Å². The second-order valence-electron chi connectivity index (χ2n) is 10.8. The molecule has 0 atom stereocenters. The van der Waals surface area contributed by atoms with Crippen LogP contribution in [0.5, 0.6) is 0 Å². The average Bonchev–Trinajstić information content (AvgIpc) is 3.12. The van der Waals surface area contributed by atoms with Crippen LogP contribution in [0.2, 0.25) is 0 Å². The van der Waals surface area contributed by atoms with Crippen molar-refractivity contribution in [3.63, 3.8) is 0 Å². The second kappa shape index (κ2) is 11.0. The zero-order chi connectivity index (χ0) is 29.3. The summed E-state index contributed by atoms with van der Waals surface area (Å²) in [5, 5.41) is 3.29. The van der Waals surface area contributed by atoms with Crippen molar-refractivity contribution in [1.29, 1.82) is 0 Å². The van der Waals surface area contributed by atoms with E-state index in [0.717, 1.165) is 77.8 Å². The zero-order valence-corrected chi connectivity index (χ0v) is 23.8. The Hall–Kier alpha value is -6.00. The number of aromatic nitrogens is 4. The first-order chi connectivity index (χ1) is 21.8. The van der Waals surface area contributed by atoms with Gasteiger partial charge in [-0.05, 0) is 28.6 Å². The van der Waals surface area contributed by atoms with Crippen molar-refractivity contribution >= 4 is 21.7 Å². The Morgan fingerprint density at radius 2 is 0.841 bits per heavy atom. The molecule has 2 heterocycles. The Kier molecular flexibility index (Phi) is 6.43. The number of fused-ring (bicyclic) bond motifs is 3. The van der Waals surface area contributed by atoms with Crippen LogP contribution in [0.3, 0.4) is 0 Å².